The van der Waals surface area contributed by atoms with Crippen LogP contribution in [0.5, 0.6) is 0 Å². The van der Waals surface area contributed by atoms with E-state index in [4.69, 9.17) is 0 Å². The monoisotopic (exact) mass is 488 g/mol. The van der Waals surface area contributed by atoms with Crippen molar-refractivity contribution >= 4 is 47.0 Å². The molecule has 4 fully saturated rings. The Labute approximate surface area is 191 Å². The van der Waals surface area contributed by atoms with E-state index in [9.17, 15) is 0 Å². The molecule has 3 unspecified atom stereocenters. The van der Waals surface area contributed by atoms with Gasteiger partial charge in [0.15, 0.2) is 0 Å². The second-order valence-electron chi connectivity index (χ2n) is 12.4. The topological polar surface area (TPSA) is 0 Å². The van der Waals surface area contributed by atoms with Crippen molar-refractivity contribution in [1.82, 2.24) is 0 Å². The van der Waals surface area contributed by atoms with Crippen LogP contribution in [-0.2, 0) is 0 Å². The summed E-state index contributed by atoms with van der Waals surface area (Å²) in [5.41, 5.74) is 1.88. The molecule has 0 spiro atoms. The zero-order valence-corrected chi connectivity index (χ0v) is 25.4. The first-order valence-electron chi connectivity index (χ1n) is 11.9. The summed E-state index contributed by atoms with van der Waals surface area (Å²) in [6.07, 6.45) is 5.38. The maximum Gasteiger partial charge on any atom is 0.0780 e. The first kappa shape index (κ1) is 24.0. The minimum Gasteiger partial charge on any atom is -0.114 e. The normalized spacial score (nSPS) is 43.7. The van der Waals surface area contributed by atoms with Crippen molar-refractivity contribution < 1.29 is 0 Å². The third-order valence-corrected chi connectivity index (χ3v) is 37.3. The molecule has 0 radical (unpaired) electrons. The maximum atomic E-state index is 2.69. The van der Waals surface area contributed by atoms with Gasteiger partial charge in [0.05, 0.1) is 9.13 Å². The second kappa shape index (κ2) is 6.48. The number of hydrogen-bond acceptors (Lipinski definition) is 1. The Morgan fingerprint density at radius 2 is 1.21 bits per heavy atom. The molecule has 5 aliphatic heterocycles. The lowest BCUT2D eigenvalue weighted by Gasteiger charge is -2.48. The van der Waals surface area contributed by atoms with Crippen molar-refractivity contribution in [2.24, 2.45) is 21.7 Å². The van der Waals surface area contributed by atoms with Crippen molar-refractivity contribution in [1.29, 1.82) is 0 Å². The summed E-state index contributed by atoms with van der Waals surface area (Å²) in [4.78, 5) is 1.35. The largest absolute Gasteiger partial charge is 0.114 e. The lowest BCUT2D eigenvalue weighted by Crippen LogP contribution is -2.44. The average Bonchev–Trinajstić information content (AvgIpc) is 2.99. The Bertz CT molecular complexity index is 769. The SMILES string of the molecule is CCC(C)(C)C1=PP2[C@]3(C(C)(C)CC)SP4[C@@]2(C(C)(C)CC)[C@]4(C(C)(C)CC)P13. The second-order valence-corrected chi connectivity index (χ2v) is 25.6. The summed E-state index contributed by atoms with van der Waals surface area (Å²) in [6.45, 7) is 31.2. The van der Waals surface area contributed by atoms with Gasteiger partial charge in [0.25, 0.3) is 0 Å². The number of hydrogen-bond donors (Lipinski definition) is 0. The Balaban J connectivity index is 2.05. The van der Waals surface area contributed by atoms with Crippen LogP contribution in [0.3, 0.4) is 0 Å². The van der Waals surface area contributed by atoms with Crippen LogP contribution in [-0.4, -0.2) is 19.1 Å². The van der Waals surface area contributed by atoms with E-state index in [1.807, 2.05) is 7.89 Å². The molecule has 6 atom stereocenters. The van der Waals surface area contributed by atoms with Crippen molar-refractivity contribution in [2.75, 3.05) is 0 Å². The molecule has 0 aromatic carbocycles. The van der Waals surface area contributed by atoms with Crippen molar-refractivity contribution in [3.63, 3.8) is 0 Å². The van der Waals surface area contributed by atoms with Crippen LogP contribution in [0.1, 0.15) is 109 Å². The molecule has 0 amide bonds. The van der Waals surface area contributed by atoms with E-state index in [-0.39, 0.29) is 22.7 Å². The highest BCUT2D eigenvalue weighted by Gasteiger charge is 3.05. The van der Waals surface area contributed by atoms with Gasteiger partial charge in [-0.05, 0) is 75.0 Å². The van der Waals surface area contributed by atoms with Gasteiger partial charge in [0, 0.05) is 4.90 Å². The highest BCUT2D eigenvalue weighted by Crippen LogP contribution is 3.31. The van der Waals surface area contributed by atoms with Gasteiger partial charge in [-0.1, -0.05) is 91.0 Å². The molecule has 0 saturated carbocycles. The standard InChI is InChI=1S/C24H44P4S/c1-13-18(5,6)17-25-27-23(20(9,10)15-3)22(19(7,8)14-2)26(17)24(27,29-28(22)23)21(11,12)16-4/h13-16H2,1-12H3/t22-,23+,24-,26?,27?,28?/m1/s1. The third kappa shape index (κ3) is 2.18. The van der Waals surface area contributed by atoms with Crippen LogP contribution >= 0.6 is 41.9 Å². The van der Waals surface area contributed by atoms with E-state index in [0.29, 0.717) is 35.7 Å². The smallest absolute Gasteiger partial charge is 0.0780 e. The fourth-order valence-corrected chi connectivity index (χ4v) is 50.0. The molecule has 5 heteroatoms. The Kier molecular flexibility index (Phi) is 5.35. The van der Waals surface area contributed by atoms with Crippen molar-refractivity contribution in [3.05, 3.63) is 0 Å². The minimum absolute atomic E-state index is 0.0286. The van der Waals surface area contributed by atoms with Gasteiger partial charge in [-0.2, -0.15) is 0 Å². The molecular weight excluding hydrogens is 444 g/mol. The third-order valence-electron chi connectivity index (χ3n) is 9.78. The van der Waals surface area contributed by atoms with Gasteiger partial charge in [-0.25, -0.2) is 0 Å². The molecule has 5 aliphatic rings. The molecule has 6 bridgehead atoms. The van der Waals surface area contributed by atoms with Crippen molar-refractivity contribution in [3.8, 4) is 0 Å². The van der Waals surface area contributed by atoms with Gasteiger partial charge >= 0.3 is 0 Å². The van der Waals surface area contributed by atoms with Crippen molar-refractivity contribution in [2.45, 2.75) is 123 Å². The van der Waals surface area contributed by atoms with E-state index >= 15 is 0 Å². The summed E-state index contributed by atoms with van der Waals surface area (Å²) >= 11 is 2.63. The molecule has 0 aromatic heterocycles. The molecule has 4 saturated heterocycles. The van der Waals surface area contributed by atoms with Crippen LogP contribution in [0.2, 0.25) is 0 Å². The van der Waals surface area contributed by atoms with Crippen LogP contribution in [0.15, 0.2) is 0 Å². The molecule has 0 aromatic rings. The zero-order valence-electron chi connectivity index (χ0n) is 21.0. The Morgan fingerprint density at radius 1 is 0.724 bits per heavy atom. The van der Waals surface area contributed by atoms with E-state index in [1.54, 1.807) is 0 Å². The average molecular weight is 489 g/mol. The first-order chi connectivity index (χ1) is 13.2. The Hall–Kier alpha value is 1.81. The van der Waals surface area contributed by atoms with Gasteiger partial charge in [0.2, 0.25) is 0 Å². The molecule has 5 heterocycles. The predicted octanol–water partition coefficient (Wildman–Crippen LogP) is 10.9. The fourth-order valence-electron chi connectivity index (χ4n) is 6.36. The van der Waals surface area contributed by atoms with E-state index in [2.05, 4.69) is 99.5 Å². The molecular formula is C24H44P4S. The summed E-state index contributed by atoms with van der Waals surface area (Å²) in [7, 11) is 1.92. The predicted molar refractivity (Wildman–Crippen MR) is 145 cm³/mol. The summed E-state index contributed by atoms with van der Waals surface area (Å²) in [5, 5.41) is 2.06. The van der Waals surface area contributed by atoms with Crippen LogP contribution in [0.4, 0.5) is 0 Å². The zero-order chi connectivity index (χ0) is 22.1. The van der Waals surface area contributed by atoms with Crippen LogP contribution in [0, 0.1) is 21.7 Å². The van der Waals surface area contributed by atoms with E-state index in [1.165, 1.54) is 25.7 Å². The highest BCUT2D eigenvalue weighted by molar-refractivity contribution is 8.77. The first-order valence-corrected chi connectivity index (χ1v) is 18.9. The van der Waals surface area contributed by atoms with Gasteiger partial charge < -0.3 is 0 Å². The molecule has 0 N–H and O–H groups in total. The molecule has 5 rings (SSSR count). The fraction of sp³-hybridized carbons (Fsp3) is 0.958. The number of rotatable bonds is 8. The van der Waals surface area contributed by atoms with E-state index < -0.39 is 0 Å². The minimum atomic E-state index is -0.0503. The molecule has 0 nitrogen and oxygen atoms in total. The Morgan fingerprint density at radius 3 is 1.66 bits per heavy atom. The van der Waals surface area contributed by atoms with Gasteiger partial charge in [-0.15, -0.1) is 11.4 Å². The van der Waals surface area contributed by atoms with Gasteiger partial charge in [0.1, 0.15) is 0 Å². The van der Waals surface area contributed by atoms with E-state index in [0.717, 1.165) is 0 Å². The lowest BCUT2D eigenvalue weighted by atomic mass is 9.75. The summed E-state index contributed by atoms with van der Waals surface area (Å²) in [5.74, 6) is 0. The van der Waals surface area contributed by atoms with Crippen LogP contribution < -0.4 is 0 Å². The molecule has 166 valence electrons. The van der Waals surface area contributed by atoms with Gasteiger partial charge in [-0.3, -0.25) is 0 Å². The summed E-state index contributed by atoms with van der Waals surface area (Å²) in [6, 6.07) is 0. The quantitative estimate of drug-likeness (QED) is 0.306. The summed E-state index contributed by atoms with van der Waals surface area (Å²) < 4.78 is 0.611. The lowest BCUT2D eigenvalue weighted by molar-refractivity contribution is 0.246. The maximum absolute atomic E-state index is 2.69. The molecule has 0 aliphatic carbocycles. The highest BCUT2D eigenvalue weighted by atomic mass is 32.7. The van der Waals surface area contributed by atoms with Crippen LogP contribution in [0.25, 0.3) is 0 Å². The molecule has 29 heavy (non-hydrogen) atoms.